The summed E-state index contributed by atoms with van der Waals surface area (Å²) in [5.74, 6) is 0.402. The van der Waals surface area contributed by atoms with Gasteiger partial charge in [0, 0.05) is 54.0 Å². The minimum Gasteiger partial charge on any atom is -0.493 e. The molecule has 0 unspecified atom stereocenters. The lowest BCUT2D eigenvalue weighted by atomic mass is 9.71. The number of amides is 1. The van der Waals surface area contributed by atoms with E-state index in [2.05, 4.69) is 10.2 Å². The molecular weight excluding hydrogens is 468 g/mol. The minimum absolute atomic E-state index is 0.107. The third-order valence-corrected chi connectivity index (χ3v) is 7.43. The van der Waals surface area contributed by atoms with Gasteiger partial charge in [-0.25, -0.2) is 0 Å². The summed E-state index contributed by atoms with van der Waals surface area (Å²) in [4.78, 5) is 40.9. The maximum atomic E-state index is 13.2. The Balaban J connectivity index is 1.43. The van der Waals surface area contributed by atoms with Gasteiger partial charge in [-0.2, -0.15) is 0 Å². The third-order valence-electron chi connectivity index (χ3n) is 7.43. The fourth-order valence-electron chi connectivity index (χ4n) is 5.73. The SMILES string of the molecule is COc1cc(C2C3=C(CCCC3=O)N(C)C3=C2C(=O)CCC3)ccc1OCC(=O)Nc1cccc(C)c1. The molecule has 1 amide bonds. The molecule has 2 aliphatic carbocycles. The molecule has 1 aliphatic heterocycles. The lowest BCUT2D eigenvalue weighted by molar-refractivity contribution is -0.118. The van der Waals surface area contributed by atoms with Crippen molar-refractivity contribution in [3.63, 3.8) is 0 Å². The maximum absolute atomic E-state index is 13.2. The lowest BCUT2D eigenvalue weighted by Crippen LogP contribution is -2.37. The zero-order chi connectivity index (χ0) is 26.1. The second-order valence-electron chi connectivity index (χ2n) is 9.88. The molecule has 37 heavy (non-hydrogen) atoms. The molecule has 0 saturated carbocycles. The Labute approximate surface area is 217 Å². The van der Waals surface area contributed by atoms with Crippen LogP contribution >= 0.6 is 0 Å². The number of hydrogen-bond donors (Lipinski definition) is 1. The van der Waals surface area contributed by atoms with Crippen molar-refractivity contribution < 1.29 is 23.9 Å². The molecule has 7 heteroatoms. The van der Waals surface area contributed by atoms with Gasteiger partial charge in [0.25, 0.3) is 5.91 Å². The molecule has 192 valence electrons. The summed E-state index contributed by atoms with van der Waals surface area (Å²) in [6.07, 6.45) is 4.29. The van der Waals surface area contributed by atoms with Gasteiger partial charge in [-0.3, -0.25) is 14.4 Å². The normalized spacial score (nSPS) is 18.0. The zero-order valence-corrected chi connectivity index (χ0v) is 21.6. The van der Waals surface area contributed by atoms with Gasteiger partial charge in [-0.15, -0.1) is 0 Å². The van der Waals surface area contributed by atoms with Gasteiger partial charge in [-0.1, -0.05) is 18.2 Å². The van der Waals surface area contributed by atoms with Crippen LogP contribution in [0.3, 0.4) is 0 Å². The van der Waals surface area contributed by atoms with Gasteiger partial charge < -0.3 is 19.7 Å². The summed E-state index contributed by atoms with van der Waals surface area (Å²) in [6, 6.07) is 13.0. The van der Waals surface area contributed by atoms with Gasteiger partial charge in [0.15, 0.2) is 29.7 Å². The van der Waals surface area contributed by atoms with E-state index in [4.69, 9.17) is 9.47 Å². The van der Waals surface area contributed by atoms with Crippen LogP contribution in [0.4, 0.5) is 5.69 Å². The summed E-state index contributed by atoms with van der Waals surface area (Å²) in [5.41, 5.74) is 6.11. The van der Waals surface area contributed by atoms with Gasteiger partial charge >= 0.3 is 0 Å². The van der Waals surface area contributed by atoms with Crippen molar-refractivity contribution >= 4 is 23.2 Å². The van der Waals surface area contributed by atoms with Crippen molar-refractivity contribution in [1.29, 1.82) is 0 Å². The van der Waals surface area contributed by atoms with E-state index in [0.29, 0.717) is 30.0 Å². The highest BCUT2D eigenvalue weighted by Crippen LogP contribution is 2.49. The predicted octanol–water partition coefficient (Wildman–Crippen LogP) is 5.06. The Morgan fingerprint density at radius 3 is 2.24 bits per heavy atom. The summed E-state index contributed by atoms with van der Waals surface area (Å²) >= 11 is 0. The van der Waals surface area contributed by atoms with Gasteiger partial charge in [0.05, 0.1) is 7.11 Å². The van der Waals surface area contributed by atoms with Gasteiger partial charge in [0.2, 0.25) is 0 Å². The quantitative estimate of drug-likeness (QED) is 0.597. The van der Waals surface area contributed by atoms with E-state index >= 15 is 0 Å². The summed E-state index contributed by atoms with van der Waals surface area (Å²) < 4.78 is 11.4. The van der Waals surface area contributed by atoms with Crippen LogP contribution in [0.25, 0.3) is 0 Å². The topological polar surface area (TPSA) is 84.9 Å². The largest absolute Gasteiger partial charge is 0.493 e. The number of anilines is 1. The van der Waals surface area contributed by atoms with Crippen molar-refractivity contribution in [2.75, 3.05) is 26.1 Å². The molecule has 1 N–H and O–H groups in total. The van der Waals surface area contributed by atoms with Crippen molar-refractivity contribution in [3.8, 4) is 11.5 Å². The molecule has 2 aromatic carbocycles. The second-order valence-corrected chi connectivity index (χ2v) is 9.88. The standard InChI is InChI=1S/C30H32N2O5/c1-18-7-4-8-20(15-18)31-27(35)17-37-25-14-13-19(16-26(25)36-3)28-29-21(9-5-11-23(29)33)32(2)22-10-6-12-24(34)30(22)28/h4,7-8,13-16,28H,5-6,9-12,17H2,1-3H3,(H,31,35). The molecule has 3 aliphatic rings. The van der Waals surface area contributed by atoms with Crippen molar-refractivity contribution in [2.24, 2.45) is 0 Å². The molecule has 2 aromatic rings. The van der Waals surface area contributed by atoms with Crippen LogP contribution < -0.4 is 14.8 Å². The number of carbonyl (C=O) groups excluding carboxylic acids is 3. The first-order valence-electron chi connectivity index (χ1n) is 12.8. The molecule has 1 heterocycles. The fraction of sp³-hybridized carbons (Fsp3) is 0.367. The molecule has 5 rings (SSSR count). The number of rotatable bonds is 6. The number of nitrogens with zero attached hydrogens (tertiary/aromatic N) is 1. The molecule has 0 atom stereocenters. The van der Waals surface area contributed by atoms with Crippen LogP contribution in [-0.4, -0.2) is 43.1 Å². The van der Waals surface area contributed by atoms with Crippen LogP contribution in [0.2, 0.25) is 0 Å². The van der Waals surface area contributed by atoms with E-state index in [1.165, 1.54) is 0 Å². The Bertz CT molecular complexity index is 1300. The average Bonchev–Trinajstić information content (AvgIpc) is 2.88. The molecule has 0 bridgehead atoms. The predicted molar refractivity (Wildman–Crippen MR) is 141 cm³/mol. The van der Waals surface area contributed by atoms with E-state index in [1.54, 1.807) is 13.2 Å². The first-order chi connectivity index (χ1) is 17.9. The van der Waals surface area contributed by atoms with Crippen LogP contribution in [0.15, 0.2) is 65.0 Å². The minimum atomic E-state index is -0.408. The Morgan fingerprint density at radius 1 is 0.946 bits per heavy atom. The first kappa shape index (κ1) is 24.8. The summed E-state index contributed by atoms with van der Waals surface area (Å²) in [7, 11) is 3.53. The third kappa shape index (κ3) is 4.78. The number of methoxy groups -OCH3 is 1. The van der Waals surface area contributed by atoms with Gasteiger partial charge in [-0.05, 0) is 68.0 Å². The number of aryl methyl sites for hydroxylation is 1. The Hall–Kier alpha value is -3.87. The maximum Gasteiger partial charge on any atom is 0.262 e. The smallest absolute Gasteiger partial charge is 0.262 e. The number of ether oxygens (including phenoxy) is 2. The highest BCUT2D eigenvalue weighted by atomic mass is 16.5. The fourth-order valence-corrected chi connectivity index (χ4v) is 5.73. The molecular formula is C30H32N2O5. The van der Waals surface area contributed by atoms with E-state index in [0.717, 1.165) is 59.4 Å². The molecule has 0 fully saturated rings. The number of allylic oxidation sites excluding steroid dienone is 4. The second kappa shape index (κ2) is 10.2. The Kier molecular flexibility index (Phi) is 6.87. The van der Waals surface area contributed by atoms with Crippen molar-refractivity contribution in [3.05, 3.63) is 76.1 Å². The monoisotopic (exact) mass is 500 g/mol. The lowest BCUT2D eigenvalue weighted by Gasteiger charge is -2.42. The number of nitrogens with one attached hydrogen (secondary N) is 1. The highest BCUT2D eigenvalue weighted by molar-refractivity contribution is 6.06. The average molecular weight is 501 g/mol. The van der Waals surface area contributed by atoms with Crippen LogP contribution in [0.5, 0.6) is 11.5 Å². The van der Waals surface area contributed by atoms with Crippen LogP contribution in [0, 0.1) is 6.92 Å². The molecule has 0 saturated heterocycles. The van der Waals surface area contributed by atoms with E-state index in [1.807, 2.05) is 50.4 Å². The number of Topliss-reactive ketones (excluding diaryl/α,β-unsaturated/α-hetero) is 2. The molecule has 0 spiro atoms. The summed E-state index contributed by atoms with van der Waals surface area (Å²) in [5, 5.41) is 2.83. The number of ketones is 2. The van der Waals surface area contributed by atoms with Crippen molar-refractivity contribution in [1.82, 2.24) is 4.90 Å². The van der Waals surface area contributed by atoms with Crippen molar-refractivity contribution in [2.45, 2.75) is 51.4 Å². The number of hydrogen-bond acceptors (Lipinski definition) is 6. The molecule has 0 radical (unpaired) electrons. The van der Waals surface area contributed by atoms with Crippen LogP contribution in [-0.2, 0) is 14.4 Å². The molecule has 0 aromatic heterocycles. The Morgan fingerprint density at radius 2 is 1.62 bits per heavy atom. The summed E-state index contributed by atoms with van der Waals surface area (Å²) in [6.45, 7) is 1.78. The number of benzene rings is 2. The molecule has 7 nitrogen and oxygen atoms in total. The van der Waals surface area contributed by atoms with E-state index in [-0.39, 0.29) is 24.1 Å². The zero-order valence-electron chi connectivity index (χ0n) is 21.6. The van der Waals surface area contributed by atoms with Crippen LogP contribution in [0.1, 0.15) is 55.6 Å². The van der Waals surface area contributed by atoms with E-state index < -0.39 is 5.92 Å². The number of carbonyl (C=O) groups is 3. The van der Waals surface area contributed by atoms with Gasteiger partial charge in [0.1, 0.15) is 0 Å². The highest BCUT2D eigenvalue weighted by Gasteiger charge is 2.42. The first-order valence-corrected chi connectivity index (χ1v) is 12.8. The van der Waals surface area contributed by atoms with E-state index in [9.17, 15) is 14.4 Å².